The van der Waals surface area contributed by atoms with Crippen LogP contribution < -0.4 is 10.2 Å². The van der Waals surface area contributed by atoms with Crippen LogP contribution in [0.1, 0.15) is 5.76 Å². The third-order valence-corrected chi connectivity index (χ3v) is 4.06. The van der Waals surface area contributed by atoms with Crippen LogP contribution in [0.5, 0.6) is 5.75 Å². The predicted octanol–water partition coefficient (Wildman–Crippen LogP) is 4.69. The lowest BCUT2D eigenvalue weighted by Gasteiger charge is -2.05. The van der Waals surface area contributed by atoms with Crippen LogP contribution in [-0.2, 0) is 4.79 Å². The number of carbonyl (C=O) groups excluding carboxylic acids is 1. The second-order valence-corrected chi connectivity index (χ2v) is 6.54. The molecule has 1 heterocycles. The van der Waals surface area contributed by atoms with Crippen molar-refractivity contribution in [1.82, 2.24) is 5.43 Å². The Bertz CT molecular complexity index is 1080. The number of ether oxygens (including phenoxy) is 1. The Labute approximate surface area is 174 Å². The third kappa shape index (κ3) is 5.56. The molecule has 0 aliphatic heterocycles. The summed E-state index contributed by atoms with van der Waals surface area (Å²) in [4.78, 5) is 22.2. The van der Waals surface area contributed by atoms with Crippen LogP contribution in [0.4, 0.5) is 5.69 Å². The number of amides is 1. The maximum Gasteiger partial charge on any atom is 0.312 e. The number of furan rings is 1. The molecule has 1 aromatic heterocycles. The van der Waals surface area contributed by atoms with Crippen molar-refractivity contribution in [1.29, 1.82) is 0 Å². The maximum absolute atomic E-state index is 11.8. The highest BCUT2D eigenvalue weighted by molar-refractivity contribution is 6.31. The van der Waals surface area contributed by atoms with Gasteiger partial charge >= 0.3 is 5.69 Å². The molecular weight excluding hydrogens is 421 g/mol. The summed E-state index contributed by atoms with van der Waals surface area (Å²) in [6.07, 6.45) is 1.32. The van der Waals surface area contributed by atoms with Crippen LogP contribution in [0, 0.1) is 10.1 Å². The van der Waals surface area contributed by atoms with Crippen molar-refractivity contribution >= 4 is 41.0 Å². The van der Waals surface area contributed by atoms with E-state index in [4.69, 9.17) is 32.4 Å². The monoisotopic (exact) mass is 433 g/mol. The van der Waals surface area contributed by atoms with Crippen molar-refractivity contribution in [2.75, 3.05) is 6.61 Å². The Kier molecular flexibility index (Phi) is 6.48. The predicted molar refractivity (Wildman–Crippen MR) is 108 cm³/mol. The van der Waals surface area contributed by atoms with Crippen molar-refractivity contribution in [3.05, 3.63) is 80.5 Å². The van der Waals surface area contributed by atoms with Crippen molar-refractivity contribution < 1.29 is 18.9 Å². The molecule has 148 valence electrons. The van der Waals surface area contributed by atoms with E-state index in [0.29, 0.717) is 16.5 Å². The van der Waals surface area contributed by atoms with Crippen LogP contribution in [0.15, 0.2) is 64.1 Å². The van der Waals surface area contributed by atoms with Gasteiger partial charge in [-0.15, -0.1) is 0 Å². The number of nitro groups is 1. The molecule has 2 aromatic carbocycles. The number of hydrogen-bond acceptors (Lipinski definition) is 6. The van der Waals surface area contributed by atoms with Crippen LogP contribution in [0.2, 0.25) is 10.0 Å². The van der Waals surface area contributed by atoms with Crippen LogP contribution in [0.3, 0.4) is 0 Å². The molecule has 0 radical (unpaired) electrons. The fourth-order valence-electron chi connectivity index (χ4n) is 2.32. The topological polar surface area (TPSA) is 107 Å². The highest BCUT2D eigenvalue weighted by Gasteiger charge is 2.16. The maximum atomic E-state index is 11.8. The molecule has 0 fully saturated rings. The quantitative estimate of drug-likeness (QED) is 0.330. The lowest BCUT2D eigenvalue weighted by Crippen LogP contribution is -2.24. The zero-order chi connectivity index (χ0) is 20.8. The second-order valence-electron chi connectivity index (χ2n) is 5.66. The summed E-state index contributed by atoms with van der Waals surface area (Å²) in [5.74, 6) is 0.330. The number of nitro benzene ring substituents is 1. The molecule has 0 spiro atoms. The highest BCUT2D eigenvalue weighted by atomic mass is 35.5. The zero-order valence-corrected chi connectivity index (χ0v) is 16.2. The van der Waals surface area contributed by atoms with Gasteiger partial charge < -0.3 is 9.15 Å². The highest BCUT2D eigenvalue weighted by Crippen LogP contribution is 2.29. The number of halogens is 2. The molecule has 0 saturated carbocycles. The standard InChI is InChI=1S/C19H13Cl2N3O5/c20-13-3-1-2-12(8-13)17-7-5-15(29-17)10-22-23-19(25)11-28-18-6-4-14(21)9-16(18)24(26)27/h1-10H,11H2,(H,23,25)/b22-10+. The first-order chi connectivity index (χ1) is 13.9. The van der Waals surface area contributed by atoms with E-state index < -0.39 is 17.4 Å². The summed E-state index contributed by atoms with van der Waals surface area (Å²) in [5, 5.41) is 15.5. The minimum Gasteiger partial charge on any atom is -0.477 e. The number of rotatable bonds is 7. The molecule has 1 N–H and O–H groups in total. The zero-order valence-electron chi connectivity index (χ0n) is 14.7. The van der Waals surface area contributed by atoms with E-state index in [2.05, 4.69) is 10.5 Å². The van der Waals surface area contributed by atoms with E-state index in [9.17, 15) is 14.9 Å². The summed E-state index contributed by atoms with van der Waals surface area (Å²) in [6.45, 7) is -0.467. The Balaban J connectivity index is 1.55. The van der Waals surface area contributed by atoms with Gasteiger partial charge in [-0.3, -0.25) is 14.9 Å². The Morgan fingerprint density at radius 3 is 2.72 bits per heavy atom. The number of hydrogen-bond donors (Lipinski definition) is 1. The van der Waals surface area contributed by atoms with Crippen molar-refractivity contribution in [2.45, 2.75) is 0 Å². The summed E-state index contributed by atoms with van der Waals surface area (Å²) in [7, 11) is 0. The van der Waals surface area contributed by atoms with Crippen molar-refractivity contribution in [3.8, 4) is 17.1 Å². The smallest absolute Gasteiger partial charge is 0.312 e. The normalized spacial score (nSPS) is 10.8. The van der Waals surface area contributed by atoms with Crippen molar-refractivity contribution in [3.63, 3.8) is 0 Å². The minimum atomic E-state index is -0.647. The Morgan fingerprint density at radius 2 is 1.97 bits per heavy atom. The van der Waals surface area contributed by atoms with Crippen LogP contribution in [0.25, 0.3) is 11.3 Å². The first-order valence-corrected chi connectivity index (χ1v) is 8.92. The average molecular weight is 434 g/mol. The van der Waals surface area contributed by atoms with Gasteiger partial charge in [-0.2, -0.15) is 5.10 Å². The van der Waals surface area contributed by atoms with Crippen LogP contribution >= 0.6 is 23.2 Å². The number of benzene rings is 2. The molecule has 29 heavy (non-hydrogen) atoms. The lowest BCUT2D eigenvalue weighted by atomic mass is 10.2. The number of hydrazone groups is 1. The molecule has 8 nitrogen and oxygen atoms in total. The fourth-order valence-corrected chi connectivity index (χ4v) is 2.67. The second kappa shape index (κ2) is 9.22. The van der Waals surface area contributed by atoms with E-state index in [-0.39, 0.29) is 16.5 Å². The van der Waals surface area contributed by atoms with E-state index in [1.165, 1.54) is 18.3 Å². The van der Waals surface area contributed by atoms with Gasteiger partial charge in [0.1, 0.15) is 11.5 Å². The van der Waals surface area contributed by atoms with Gasteiger partial charge in [0.05, 0.1) is 11.1 Å². The molecule has 0 bridgehead atoms. The molecule has 3 aromatic rings. The first-order valence-electron chi connectivity index (χ1n) is 8.17. The largest absolute Gasteiger partial charge is 0.477 e. The molecule has 0 unspecified atom stereocenters. The van der Waals surface area contributed by atoms with Gasteiger partial charge in [-0.25, -0.2) is 5.43 Å². The molecule has 0 saturated heterocycles. The Hall–Kier alpha value is -3.36. The van der Waals surface area contributed by atoms with Crippen molar-refractivity contribution in [2.24, 2.45) is 5.10 Å². The van der Waals surface area contributed by atoms with Gasteiger partial charge in [-0.05, 0) is 36.4 Å². The SMILES string of the molecule is O=C(COc1ccc(Cl)cc1[N+](=O)[O-])N/N=C/c1ccc(-c2cccc(Cl)c2)o1. The van der Waals surface area contributed by atoms with E-state index in [1.54, 1.807) is 30.3 Å². The minimum absolute atomic E-state index is 0.0734. The number of nitrogens with one attached hydrogen (secondary N) is 1. The average Bonchev–Trinajstić information content (AvgIpc) is 3.16. The van der Waals surface area contributed by atoms with Gasteiger partial charge in [0.2, 0.25) is 0 Å². The molecule has 1 amide bonds. The van der Waals surface area contributed by atoms with Gasteiger partial charge in [-0.1, -0.05) is 35.3 Å². The fraction of sp³-hybridized carbons (Fsp3) is 0.0526. The number of nitrogens with zero attached hydrogens (tertiary/aromatic N) is 2. The molecule has 0 aliphatic rings. The number of carbonyl (C=O) groups is 1. The van der Waals surface area contributed by atoms with Gasteiger partial charge in [0, 0.05) is 21.7 Å². The Morgan fingerprint density at radius 1 is 1.17 bits per heavy atom. The first kappa shape index (κ1) is 20.4. The summed E-state index contributed by atoms with van der Waals surface area (Å²) in [6, 6.07) is 14.5. The van der Waals surface area contributed by atoms with E-state index >= 15 is 0 Å². The molecule has 0 atom stereocenters. The molecule has 0 aliphatic carbocycles. The molecular formula is C19H13Cl2N3O5. The lowest BCUT2D eigenvalue weighted by molar-refractivity contribution is -0.385. The van der Waals surface area contributed by atoms with E-state index in [1.807, 2.05) is 6.07 Å². The van der Waals surface area contributed by atoms with E-state index in [0.717, 1.165) is 11.6 Å². The van der Waals surface area contributed by atoms with Crippen LogP contribution in [-0.4, -0.2) is 23.7 Å². The van der Waals surface area contributed by atoms with Gasteiger partial charge in [0.15, 0.2) is 12.4 Å². The van der Waals surface area contributed by atoms with Gasteiger partial charge in [0.25, 0.3) is 5.91 Å². The summed E-state index contributed by atoms with van der Waals surface area (Å²) in [5.41, 5.74) is 2.72. The molecule has 10 heteroatoms. The molecule has 3 rings (SSSR count). The summed E-state index contributed by atoms with van der Waals surface area (Å²) >= 11 is 11.7. The summed E-state index contributed by atoms with van der Waals surface area (Å²) < 4.78 is 10.8. The third-order valence-electron chi connectivity index (χ3n) is 3.59.